The maximum atomic E-state index is 11.6. The Morgan fingerprint density at radius 1 is 1.06 bits per heavy atom. The lowest BCUT2D eigenvalue weighted by Gasteiger charge is -2.51. The van der Waals surface area contributed by atoms with Gasteiger partial charge in [0.2, 0.25) is 0 Å². The standard InChI is InChI=1S/C14H22O4/c1-8-7-14(12(15)16,13(17)18)11-6-4-3-5-10(11)9(8)2/h8-11H,3-7H2,1-2H3,(H,15,16)(H,17,18). The largest absolute Gasteiger partial charge is 0.480 e. The molecule has 4 nitrogen and oxygen atoms in total. The number of fused-ring (bicyclic) bond motifs is 1. The van der Waals surface area contributed by atoms with Gasteiger partial charge in [0.1, 0.15) is 0 Å². The number of hydrogen-bond donors (Lipinski definition) is 2. The molecule has 0 aliphatic heterocycles. The maximum absolute atomic E-state index is 11.6. The van der Waals surface area contributed by atoms with Gasteiger partial charge in [-0.2, -0.15) is 0 Å². The van der Waals surface area contributed by atoms with Crippen LogP contribution in [0.2, 0.25) is 0 Å². The predicted octanol–water partition coefficient (Wildman–Crippen LogP) is 2.62. The average molecular weight is 254 g/mol. The van der Waals surface area contributed by atoms with E-state index >= 15 is 0 Å². The summed E-state index contributed by atoms with van der Waals surface area (Å²) in [6, 6.07) is 0. The monoisotopic (exact) mass is 254 g/mol. The summed E-state index contributed by atoms with van der Waals surface area (Å²) < 4.78 is 0. The summed E-state index contributed by atoms with van der Waals surface area (Å²) in [5.41, 5.74) is -1.54. The first kappa shape index (κ1) is 13.4. The van der Waals surface area contributed by atoms with E-state index in [2.05, 4.69) is 6.92 Å². The van der Waals surface area contributed by atoms with Gasteiger partial charge in [-0.05, 0) is 42.9 Å². The first-order chi connectivity index (χ1) is 8.41. The van der Waals surface area contributed by atoms with Crippen LogP contribution in [0.3, 0.4) is 0 Å². The van der Waals surface area contributed by atoms with E-state index in [1.807, 2.05) is 6.92 Å². The summed E-state index contributed by atoms with van der Waals surface area (Å²) >= 11 is 0. The van der Waals surface area contributed by atoms with Crippen molar-refractivity contribution in [2.75, 3.05) is 0 Å². The molecule has 0 spiro atoms. The van der Waals surface area contributed by atoms with Crippen molar-refractivity contribution in [3.05, 3.63) is 0 Å². The third-order valence-corrected chi connectivity index (χ3v) is 5.43. The third-order valence-electron chi connectivity index (χ3n) is 5.43. The molecule has 0 aromatic rings. The van der Waals surface area contributed by atoms with Crippen LogP contribution < -0.4 is 0 Å². The molecule has 0 aromatic carbocycles. The van der Waals surface area contributed by atoms with E-state index in [1.165, 1.54) is 0 Å². The minimum Gasteiger partial charge on any atom is -0.480 e. The Labute approximate surface area is 107 Å². The summed E-state index contributed by atoms with van der Waals surface area (Å²) in [4.78, 5) is 23.3. The van der Waals surface area contributed by atoms with Crippen molar-refractivity contribution in [1.82, 2.24) is 0 Å². The second-order valence-corrected chi connectivity index (χ2v) is 6.18. The molecule has 102 valence electrons. The van der Waals surface area contributed by atoms with Crippen LogP contribution in [-0.2, 0) is 9.59 Å². The topological polar surface area (TPSA) is 74.6 Å². The van der Waals surface area contributed by atoms with Crippen LogP contribution in [0.1, 0.15) is 46.0 Å². The minimum atomic E-state index is -1.54. The second-order valence-electron chi connectivity index (χ2n) is 6.18. The predicted molar refractivity (Wildman–Crippen MR) is 66.1 cm³/mol. The number of carbonyl (C=O) groups is 2. The Kier molecular flexibility index (Phi) is 3.39. The summed E-state index contributed by atoms with van der Waals surface area (Å²) in [6.45, 7) is 4.15. The van der Waals surface area contributed by atoms with Crippen LogP contribution in [0.15, 0.2) is 0 Å². The zero-order valence-electron chi connectivity index (χ0n) is 11.1. The molecule has 18 heavy (non-hydrogen) atoms. The molecule has 0 heterocycles. The maximum Gasteiger partial charge on any atom is 0.321 e. The highest BCUT2D eigenvalue weighted by Gasteiger charge is 2.60. The first-order valence-corrected chi connectivity index (χ1v) is 6.88. The molecule has 2 saturated carbocycles. The highest BCUT2D eigenvalue weighted by molar-refractivity contribution is 5.98. The van der Waals surface area contributed by atoms with Crippen molar-refractivity contribution in [3.63, 3.8) is 0 Å². The van der Waals surface area contributed by atoms with Crippen LogP contribution in [0.4, 0.5) is 0 Å². The van der Waals surface area contributed by atoms with Crippen LogP contribution in [0.25, 0.3) is 0 Å². The van der Waals surface area contributed by atoms with E-state index in [4.69, 9.17) is 0 Å². The van der Waals surface area contributed by atoms with Gasteiger partial charge in [0.15, 0.2) is 5.41 Å². The molecule has 0 aromatic heterocycles. The number of rotatable bonds is 2. The first-order valence-electron chi connectivity index (χ1n) is 6.88. The molecule has 4 atom stereocenters. The molecular weight excluding hydrogens is 232 g/mol. The van der Waals surface area contributed by atoms with Gasteiger partial charge in [-0.15, -0.1) is 0 Å². The molecule has 2 aliphatic rings. The van der Waals surface area contributed by atoms with E-state index in [-0.39, 0.29) is 24.2 Å². The molecule has 2 aliphatic carbocycles. The van der Waals surface area contributed by atoms with Gasteiger partial charge in [0.25, 0.3) is 0 Å². The number of carboxylic acid groups (broad SMARTS) is 2. The second kappa shape index (κ2) is 4.56. The fourth-order valence-corrected chi connectivity index (χ4v) is 4.25. The zero-order chi connectivity index (χ0) is 13.5. The Morgan fingerprint density at radius 3 is 2.17 bits per heavy atom. The zero-order valence-corrected chi connectivity index (χ0v) is 11.1. The van der Waals surface area contributed by atoms with Crippen molar-refractivity contribution in [1.29, 1.82) is 0 Å². The van der Waals surface area contributed by atoms with Crippen molar-refractivity contribution in [2.24, 2.45) is 29.1 Å². The van der Waals surface area contributed by atoms with Crippen molar-refractivity contribution in [3.8, 4) is 0 Å². The highest BCUT2D eigenvalue weighted by Crippen LogP contribution is 2.55. The van der Waals surface area contributed by atoms with Crippen LogP contribution >= 0.6 is 0 Å². The molecule has 4 unspecified atom stereocenters. The Hall–Kier alpha value is -1.06. The molecule has 0 radical (unpaired) electrons. The van der Waals surface area contributed by atoms with E-state index in [0.29, 0.717) is 5.92 Å². The molecule has 2 fully saturated rings. The Balaban J connectivity index is 2.44. The van der Waals surface area contributed by atoms with Gasteiger partial charge in [0, 0.05) is 0 Å². The fourth-order valence-electron chi connectivity index (χ4n) is 4.25. The van der Waals surface area contributed by atoms with Crippen molar-refractivity contribution < 1.29 is 19.8 Å². The average Bonchev–Trinajstić information content (AvgIpc) is 2.33. The Bertz CT molecular complexity index is 349. The third kappa shape index (κ3) is 1.73. The molecule has 0 saturated heterocycles. The van der Waals surface area contributed by atoms with Gasteiger partial charge in [-0.3, -0.25) is 9.59 Å². The smallest absolute Gasteiger partial charge is 0.321 e. The normalized spacial score (nSPS) is 38.8. The van der Waals surface area contributed by atoms with Crippen molar-refractivity contribution >= 4 is 11.9 Å². The lowest BCUT2D eigenvalue weighted by Crippen LogP contribution is -2.55. The van der Waals surface area contributed by atoms with Crippen LogP contribution in [0, 0.1) is 29.1 Å². The van der Waals surface area contributed by atoms with E-state index in [9.17, 15) is 19.8 Å². The SMILES string of the molecule is CC1CC(C(=O)O)(C(=O)O)C2CCCCC2C1C. The molecule has 2 rings (SSSR count). The summed E-state index contributed by atoms with van der Waals surface area (Å²) in [5.74, 6) is -1.60. The van der Waals surface area contributed by atoms with Crippen molar-refractivity contribution in [2.45, 2.75) is 46.0 Å². The molecule has 0 amide bonds. The fraction of sp³-hybridized carbons (Fsp3) is 0.857. The molecular formula is C14H22O4. The Morgan fingerprint density at radius 2 is 1.61 bits per heavy atom. The summed E-state index contributed by atoms with van der Waals surface area (Å²) in [6.07, 6.45) is 4.08. The summed E-state index contributed by atoms with van der Waals surface area (Å²) in [7, 11) is 0. The quantitative estimate of drug-likeness (QED) is 0.743. The van der Waals surface area contributed by atoms with Crippen LogP contribution in [0.5, 0.6) is 0 Å². The number of carboxylic acids is 2. The van der Waals surface area contributed by atoms with Gasteiger partial charge >= 0.3 is 11.9 Å². The van der Waals surface area contributed by atoms with Gasteiger partial charge in [-0.25, -0.2) is 0 Å². The molecule has 2 N–H and O–H groups in total. The van der Waals surface area contributed by atoms with Crippen LogP contribution in [-0.4, -0.2) is 22.2 Å². The van der Waals surface area contributed by atoms with E-state index in [1.54, 1.807) is 0 Å². The van der Waals surface area contributed by atoms with E-state index in [0.717, 1.165) is 25.7 Å². The lowest BCUT2D eigenvalue weighted by atomic mass is 9.51. The highest BCUT2D eigenvalue weighted by atomic mass is 16.4. The lowest BCUT2D eigenvalue weighted by molar-refractivity contribution is -0.181. The number of aliphatic carboxylic acids is 2. The molecule has 4 heteroatoms. The van der Waals surface area contributed by atoms with Gasteiger partial charge in [0.05, 0.1) is 0 Å². The van der Waals surface area contributed by atoms with Gasteiger partial charge < -0.3 is 10.2 Å². The minimum absolute atomic E-state index is 0.163. The van der Waals surface area contributed by atoms with E-state index < -0.39 is 17.4 Å². The number of hydrogen-bond acceptors (Lipinski definition) is 2. The van der Waals surface area contributed by atoms with Gasteiger partial charge in [-0.1, -0.05) is 26.7 Å². The molecule has 0 bridgehead atoms. The summed E-state index contributed by atoms with van der Waals surface area (Å²) in [5, 5.41) is 19.0.